The Labute approximate surface area is 131 Å². The Kier molecular flexibility index (Phi) is 3.78. The Morgan fingerprint density at radius 1 is 1.33 bits per heavy atom. The lowest BCUT2D eigenvalue weighted by atomic mass is 9.79. The second-order valence-electron chi connectivity index (χ2n) is 5.06. The second kappa shape index (κ2) is 5.58. The van der Waals surface area contributed by atoms with Crippen LogP contribution >= 0.6 is 22.9 Å². The van der Waals surface area contributed by atoms with E-state index in [4.69, 9.17) is 11.6 Å². The first-order chi connectivity index (χ1) is 10.1. The van der Waals surface area contributed by atoms with Crippen LogP contribution in [0.1, 0.15) is 34.4 Å². The highest BCUT2D eigenvalue weighted by atomic mass is 35.5. The summed E-state index contributed by atoms with van der Waals surface area (Å²) in [7, 11) is 0. The maximum absolute atomic E-state index is 12.4. The van der Waals surface area contributed by atoms with Gasteiger partial charge in [0.15, 0.2) is 0 Å². The van der Waals surface area contributed by atoms with E-state index in [1.807, 2.05) is 31.2 Å². The summed E-state index contributed by atoms with van der Waals surface area (Å²) in [5, 5.41) is 3.16. The first kappa shape index (κ1) is 14.2. The van der Waals surface area contributed by atoms with Crippen LogP contribution in [0.5, 0.6) is 0 Å². The van der Waals surface area contributed by atoms with Gasteiger partial charge in [-0.2, -0.15) is 0 Å². The number of amides is 2. The first-order valence-electron chi connectivity index (χ1n) is 6.56. The van der Waals surface area contributed by atoms with E-state index in [1.54, 1.807) is 6.20 Å². The molecule has 2 unspecified atom stereocenters. The van der Waals surface area contributed by atoms with E-state index in [9.17, 15) is 9.59 Å². The molecule has 2 heterocycles. The number of carbonyl (C=O) groups excluding carboxylic acids is 2. The van der Waals surface area contributed by atoms with Crippen molar-refractivity contribution >= 4 is 34.8 Å². The number of nitrogens with zero attached hydrogens (tertiary/aromatic N) is 1. The maximum atomic E-state index is 12.4. The lowest BCUT2D eigenvalue weighted by Gasteiger charge is -2.29. The van der Waals surface area contributed by atoms with E-state index in [-0.39, 0.29) is 24.2 Å². The molecule has 108 valence electrons. The predicted octanol–water partition coefficient (Wildman–Crippen LogP) is 3.02. The molecule has 3 rings (SSSR count). The number of hydrogen-bond donors (Lipinski definition) is 1. The van der Waals surface area contributed by atoms with Crippen molar-refractivity contribution in [2.24, 2.45) is 0 Å². The van der Waals surface area contributed by atoms with Crippen LogP contribution in [0.2, 0.25) is 4.34 Å². The van der Waals surface area contributed by atoms with Crippen molar-refractivity contribution in [1.29, 1.82) is 0 Å². The average Bonchev–Trinajstić information content (AvgIpc) is 2.86. The van der Waals surface area contributed by atoms with Crippen LogP contribution < -0.4 is 5.32 Å². The molecule has 4 nitrogen and oxygen atoms in total. The molecule has 0 aliphatic carbocycles. The molecular weight excluding hydrogens is 308 g/mol. The van der Waals surface area contributed by atoms with Crippen LogP contribution in [0.25, 0.3) is 0 Å². The normalized spacial score (nSPS) is 22.2. The SMILES string of the molecule is Cc1ccccc1C1C(=O)NC(=O)CC1c1ncc(Cl)s1. The fraction of sp³-hybridized carbons (Fsp3) is 0.267. The van der Waals surface area contributed by atoms with E-state index in [0.717, 1.165) is 16.1 Å². The molecule has 1 N–H and O–H groups in total. The molecule has 2 aromatic rings. The van der Waals surface area contributed by atoms with Gasteiger partial charge in [-0.25, -0.2) is 4.98 Å². The summed E-state index contributed by atoms with van der Waals surface area (Å²) in [6.45, 7) is 1.96. The molecule has 1 aliphatic heterocycles. The van der Waals surface area contributed by atoms with Gasteiger partial charge in [-0.05, 0) is 18.1 Å². The molecule has 1 fully saturated rings. The number of rotatable bonds is 2. The molecule has 21 heavy (non-hydrogen) atoms. The van der Waals surface area contributed by atoms with Gasteiger partial charge in [0.05, 0.1) is 17.1 Å². The summed E-state index contributed by atoms with van der Waals surface area (Å²) < 4.78 is 0.562. The monoisotopic (exact) mass is 320 g/mol. The Morgan fingerprint density at radius 2 is 2.10 bits per heavy atom. The molecule has 1 aliphatic rings. The minimum Gasteiger partial charge on any atom is -0.296 e. The Bertz CT molecular complexity index is 713. The fourth-order valence-corrected chi connectivity index (χ4v) is 3.80. The number of nitrogens with one attached hydrogen (secondary N) is 1. The average molecular weight is 321 g/mol. The molecule has 0 spiro atoms. The molecular formula is C15H13ClN2O2S. The number of aromatic nitrogens is 1. The highest BCUT2D eigenvalue weighted by Crippen LogP contribution is 2.41. The Balaban J connectivity index is 2.07. The zero-order chi connectivity index (χ0) is 15.0. The van der Waals surface area contributed by atoms with Crippen molar-refractivity contribution in [2.45, 2.75) is 25.2 Å². The topological polar surface area (TPSA) is 59.1 Å². The highest BCUT2D eigenvalue weighted by Gasteiger charge is 2.39. The zero-order valence-electron chi connectivity index (χ0n) is 11.3. The molecule has 0 radical (unpaired) electrons. The third kappa shape index (κ3) is 2.71. The van der Waals surface area contributed by atoms with Gasteiger partial charge in [-0.15, -0.1) is 11.3 Å². The van der Waals surface area contributed by atoms with Gasteiger partial charge in [-0.1, -0.05) is 35.9 Å². The molecule has 2 amide bonds. The summed E-state index contributed by atoms with van der Waals surface area (Å²) >= 11 is 7.27. The molecule has 0 bridgehead atoms. The van der Waals surface area contributed by atoms with Crippen LogP contribution in [0, 0.1) is 6.92 Å². The van der Waals surface area contributed by atoms with Gasteiger partial charge in [-0.3, -0.25) is 14.9 Å². The summed E-state index contributed by atoms with van der Waals surface area (Å²) in [5.41, 5.74) is 1.96. The first-order valence-corrected chi connectivity index (χ1v) is 7.76. The number of aryl methyl sites for hydroxylation is 1. The second-order valence-corrected chi connectivity index (χ2v) is 6.75. The number of piperidine rings is 1. The van der Waals surface area contributed by atoms with Crippen molar-refractivity contribution in [3.63, 3.8) is 0 Å². The van der Waals surface area contributed by atoms with Crippen LogP contribution in [0.3, 0.4) is 0 Å². The van der Waals surface area contributed by atoms with Crippen LogP contribution in [-0.2, 0) is 9.59 Å². The zero-order valence-corrected chi connectivity index (χ0v) is 12.9. The van der Waals surface area contributed by atoms with E-state index in [0.29, 0.717) is 4.34 Å². The number of thiazole rings is 1. The molecule has 0 saturated carbocycles. The Morgan fingerprint density at radius 3 is 2.76 bits per heavy atom. The summed E-state index contributed by atoms with van der Waals surface area (Å²) in [6.07, 6.45) is 1.81. The van der Waals surface area contributed by atoms with Gasteiger partial charge < -0.3 is 0 Å². The number of carbonyl (C=O) groups is 2. The summed E-state index contributed by atoms with van der Waals surface area (Å²) in [4.78, 5) is 28.4. The van der Waals surface area contributed by atoms with E-state index in [2.05, 4.69) is 10.3 Å². The largest absolute Gasteiger partial charge is 0.296 e. The molecule has 2 atom stereocenters. The predicted molar refractivity (Wildman–Crippen MR) is 81.6 cm³/mol. The molecule has 1 saturated heterocycles. The standard InChI is InChI=1S/C15H13ClN2O2S/c1-8-4-2-3-5-9(8)13-10(6-12(19)18-14(13)20)15-17-7-11(16)21-15/h2-5,7,10,13H,6H2,1H3,(H,18,19,20). The van der Waals surface area contributed by atoms with Gasteiger partial charge in [0.2, 0.25) is 11.8 Å². The van der Waals surface area contributed by atoms with Crippen molar-refractivity contribution in [1.82, 2.24) is 10.3 Å². The van der Waals surface area contributed by atoms with Crippen LogP contribution in [0.4, 0.5) is 0 Å². The quantitative estimate of drug-likeness (QED) is 0.865. The summed E-state index contributed by atoms with van der Waals surface area (Å²) in [6, 6.07) is 7.72. The lowest BCUT2D eigenvalue weighted by Crippen LogP contribution is -2.43. The van der Waals surface area contributed by atoms with Crippen LogP contribution in [0.15, 0.2) is 30.5 Å². The lowest BCUT2D eigenvalue weighted by molar-refractivity contribution is -0.135. The van der Waals surface area contributed by atoms with Crippen molar-refractivity contribution < 1.29 is 9.59 Å². The maximum Gasteiger partial charge on any atom is 0.234 e. The van der Waals surface area contributed by atoms with E-state index >= 15 is 0 Å². The number of benzene rings is 1. The van der Waals surface area contributed by atoms with E-state index in [1.165, 1.54) is 11.3 Å². The Hall–Kier alpha value is -1.72. The summed E-state index contributed by atoms with van der Waals surface area (Å²) in [5.74, 6) is -1.20. The van der Waals surface area contributed by atoms with Crippen LogP contribution in [-0.4, -0.2) is 16.8 Å². The van der Waals surface area contributed by atoms with Gasteiger partial charge in [0.25, 0.3) is 0 Å². The minimum absolute atomic E-state index is 0.245. The third-order valence-corrected chi connectivity index (χ3v) is 4.94. The van der Waals surface area contributed by atoms with Crippen molar-refractivity contribution in [2.75, 3.05) is 0 Å². The highest BCUT2D eigenvalue weighted by molar-refractivity contribution is 7.15. The molecule has 1 aromatic carbocycles. The van der Waals surface area contributed by atoms with Gasteiger partial charge in [0.1, 0.15) is 4.34 Å². The number of hydrogen-bond acceptors (Lipinski definition) is 4. The molecule has 1 aromatic heterocycles. The third-order valence-electron chi connectivity index (χ3n) is 3.69. The smallest absolute Gasteiger partial charge is 0.234 e. The number of halogens is 1. The van der Waals surface area contributed by atoms with Gasteiger partial charge in [0, 0.05) is 12.3 Å². The van der Waals surface area contributed by atoms with Crippen molar-refractivity contribution in [3.8, 4) is 0 Å². The number of imide groups is 1. The van der Waals surface area contributed by atoms with Crippen molar-refractivity contribution in [3.05, 3.63) is 50.9 Å². The molecule has 6 heteroatoms. The minimum atomic E-state index is -0.411. The van der Waals surface area contributed by atoms with E-state index < -0.39 is 5.92 Å². The van der Waals surface area contributed by atoms with Gasteiger partial charge >= 0.3 is 0 Å². The fourth-order valence-electron chi connectivity index (χ4n) is 2.73.